The molecule has 3 aliphatic rings. The molecule has 2 fully saturated rings. The number of anilines is 1. The number of ether oxygens (including phenoxy) is 2. The Morgan fingerprint density at radius 3 is 2.58 bits per heavy atom. The summed E-state index contributed by atoms with van der Waals surface area (Å²) >= 11 is 0. The molecule has 0 aromatic heterocycles. The van der Waals surface area contributed by atoms with Crippen LogP contribution in [0.3, 0.4) is 0 Å². The van der Waals surface area contributed by atoms with Crippen LogP contribution < -0.4 is 25.4 Å². The Bertz CT molecular complexity index is 711. The maximum atomic E-state index is 12.1. The first-order valence-electron chi connectivity index (χ1n) is 9.43. The molecule has 1 aliphatic heterocycles. The van der Waals surface area contributed by atoms with E-state index in [1.807, 2.05) is 18.2 Å². The van der Waals surface area contributed by atoms with E-state index in [9.17, 15) is 9.59 Å². The molecule has 7 heteroatoms. The highest BCUT2D eigenvalue weighted by molar-refractivity contribution is 5.98. The van der Waals surface area contributed by atoms with E-state index < -0.39 is 17.9 Å². The Balaban J connectivity index is 1.35. The standard InChI is InChI=1S/C19H25N3O4/c1-12(17(23)22-18(24)21-13-5-6-13)20-14-7-8-15-16(11-14)26-19(25-15)9-3-2-4-10-19/h7-8,11-13,20H,2-6,9-10H2,1H3,(H2,21,22,23,24). The predicted octanol–water partition coefficient (Wildman–Crippen LogP) is 2.91. The van der Waals surface area contributed by atoms with E-state index in [2.05, 4.69) is 16.0 Å². The number of carbonyl (C=O) groups is 2. The third kappa shape index (κ3) is 3.71. The lowest BCUT2D eigenvalue weighted by Gasteiger charge is -2.31. The summed E-state index contributed by atoms with van der Waals surface area (Å²) in [5.74, 6) is 0.572. The number of carbonyl (C=O) groups excluding carboxylic acids is 2. The summed E-state index contributed by atoms with van der Waals surface area (Å²) in [5.41, 5.74) is 0.755. The summed E-state index contributed by atoms with van der Waals surface area (Å²) in [4.78, 5) is 23.8. The van der Waals surface area contributed by atoms with Gasteiger partial charge in [-0.3, -0.25) is 10.1 Å². The number of rotatable bonds is 4. The summed E-state index contributed by atoms with van der Waals surface area (Å²) in [5, 5.41) is 8.21. The molecule has 26 heavy (non-hydrogen) atoms. The highest BCUT2D eigenvalue weighted by Crippen LogP contribution is 2.46. The molecule has 1 heterocycles. The average molecular weight is 359 g/mol. The zero-order valence-electron chi connectivity index (χ0n) is 15.0. The van der Waals surface area contributed by atoms with Crippen molar-refractivity contribution in [3.63, 3.8) is 0 Å². The van der Waals surface area contributed by atoms with Gasteiger partial charge in [-0.2, -0.15) is 0 Å². The van der Waals surface area contributed by atoms with Crippen LogP contribution in [0.2, 0.25) is 0 Å². The third-order valence-corrected chi connectivity index (χ3v) is 5.08. The first-order chi connectivity index (χ1) is 12.5. The molecule has 4 rings (SSSR count). The van der Waals surface area contributed by atoms with E-state index in [1.54, 1.807) is 6.92 Å². The second kappa shape index (κ2) is 6.70. The molecule has 140 valence electrons. The van der Waals surface area contributed by atoms with Gasteiger partial charge in [-0.1, -0.05) is 6.42 Å². The highest BCUT2D eigenvalue weighted by atomic mass is 16.7. The lowest BCUT2D eigenvalue weighted by atomic mass is 9.94. The molecule has 0 bridgehead atoms. The van der Waals surface area contributed by atoms with Crippen LogP contribution >= 0.6 is 0 Å². The summed E-state index contributed by atoms with van der Waals surface area (Å²) < 4.78 is 12.2. The van der Waals surface area contributed by atoms with Crippen molar-refractivity contribution in [2.24, 2.45) is 0 Å². The van der Waals surface area contributed by atoms with Gasteiger partial charge < -0.3 is 20.1 Å². The van der Waals surface area contributed by atoms with Gasteiger partial charge in [-0.05, 0) is 44.7 Å². The van der Waals surface area contributed by atoms with Gasteiger partial charge in [-0.25, -0.2) is 4.79 Å². The topological polar surface area (TPSA) is 88.7 Å². The van der Waals surface area contributed by atoms with Crippen molar-refractivity contribution in [1.29, 1.82) is 0 Å². The van der Waals surface area contributed by atoms with E-state index in [-0.39, 0.29) is 11.9 Å². The number of hydrogen-bond acceptors (Lipinski definition) is 5. The van der Waals surface area contributed by atoms with Crippen LogP contribution in [0.1, 0.15) is 51.9 Å². The molecule has 1 atom stereocenters. The fourth-order valence-electron chi connectivity index (χ4n) is 3.46. The average Bonchev–Trinajstić information content (AvgIpc) is 3.35. The predicted molar refractivity (Wildman–Crippen MR) is 96.3 cm³/mol. The fourth-order valence-corrected chi connectivity index (χ4v) is 3.46. The van der Waals surface area contributed by atoms with E-state index in [4.69, 9.17) is 9.47 Å². The largest absolute Gasteiger partial charge is 0.448 e. The van der Waals surface area contributed by atoms with Crippen molar-refractivity contribution in [1.82, 2.24) is 10.6 Å². The Hall–Kier alpha value is -2.44. The first-order valence-corrected chi connectivity index (χ1v) is 9.43. The Kier molecular flexibility index (Phi) is 4.38. The van der Waals surface area contributed by atoms with Gasteiger partial charge in [0.25, 0.3) is 5.79 Å². The Labute approximate surface area is 152 Å². The van der Waals surface area contributed by atoms with Crippen LogP contribution in [0, 0.1) is 0 Å². The maximum Gasteiger partial charge on any atom is 0.321 e. The van der Waals surface area contributed by atoms with Crippen LogP contribution in [0.4, 0.5) is 10.5 Å². The number of hydrogen-bond donors (Lipinski definition) is 3. The SMILES string of the molecule is CC(Nc1ccc2c(c1)OC1(CCCCC1)O2)C(=O)NC(=O)NC1CC1. The number of benzene rings is 1. The summed E-state index contributed by atoms with van der Waals surface area (Å²) in [7, 11) is 0. The third-order valence-electron chi connectivity index (χ3n) is 5.08. The molecule has 1 aromatic rings. The molecular formula is C19H25N3O4. The summed E-state index contributed by atoms with van der Waals surface area (Å²) in [6, 6.07) is 4.81. The van der Waals surface area contributed by atoms with Crippen LogP contribution in [-0.4, -0.2) is 29.8 Å². The van der Waals surface area contributed by atoms with Crippen LogP contribution in [0.15, 0.2) is 18.2 Å². The number of urea groups is 1. The van der Waals surface area contributed by atoms with Crippen LogP contribution in [-0.2, 0) is 4.79 Å². The second-order valence-electron chi connectivity index (χ2n) is 7.44. The van der Waals surface area contributed by atoms with Gasteiger partial charge in [0.15, 0.2) is 11.5 Å². The molecule has 7 nitrogen and oxygen atoms in total. The lowest BCUT2D eigenvalue weighted by molar-refractivity contribution is -0.120. The summed E-state index contributed by atoms with van der Waals surface area (Å²) in [6.07, 6.45) is 7.21. The van der Waals surface area contributed by atoms with Gasteiger partial charge in [0.1, 0.15) is 6.04 Å². The van der Waals surface area contributed by atoms with Crippen molar-refractivity contribution in [3.8, 4) is 11.5 Å². The normalized spacial score (nSPS) is 21.1. The van der Waals surface area contributed by atoms with Gasteiger partial charge in [0.05, 0.1) is 0 Å². The molecule has 1 spiro atoms. The van der Waals surface area contributed by atoms with Gasteiger partial charge in [-0.15, -0.1) is 0 Å². The minimum atomic E-state index is -0.552. The van der Waals surface area contributed by atoms with Crippen molar-refractivity contribution < 1.29 is 19.1 Å². The quantitative estimate of drug-likeness (QED) is 0.769. The Morgan fingerprint density at radius 1 is 1.12 bits per heavy atom. The van der Waals surface area contributed by atoms with Crippen molar-refractivity contribution in [2.75, 3.05) is 5.32 Å². The minimum Gasteiger partial charge on any atom is -0.448 e. The van der Waals surface area contributed by atoms with Crippen molar-refractivity contribution >= 4 is 17.6 Å². The van der Waals surface area contributed by atoms with Gasteiger partial charge in [0.2, 0.25) is 5.91 Å². The molecule has 1 unspecified atom stereocenters. The summed E-state index contributed by atoms with van der Waals surface area (Å²) in [6.45, 7) is 1.72. The molecule has 0 saturated heterocycles. The Morgan fingerprint density at radius 2 is 1.85 bits per heavy atom. The van der Waals surface area contributed by atoms with Crippen LogP contribution in [0.25, 0.3) is 0 Å². The molecule has 1 aromatic carbocycles. The number of nitrogens with one attached hydrogen (secondary N) is 3. The van der Waals surface area contributed by atoms with Crippen LogP contribution in [0.5, 0.6) is 11.5 Å². The molecule has 2 saturated carbocycles. The second-order valence-corrected chi connectivity index (χ2v) is 7.44. The number of imide groups is 1. The zero-order valence-corrected chi connectivity index (χ0v) is 15.0. The van der Waals surface area contributed by atoms with E-state index in [1.165, 1.54) is 6.42 Å². The van der Waals surface area contributed by atoms with Crippen molar-refractivity contribution in [2.45, 2.75) is 69.7 Å². The number of amides is 3. The van der Waals surface area contributed by atoms with E-state index in [0.717, 1.165) is 50.0 Å². The minimum absolute atomic E-state index is 0.215. The molecule has 0 radical (unpaired) electrons. The molecule has 3 amide bonds. The lowest BCUT2D eigenvalue weighted by Crippen LogP contribution is -2.46. The fraction of sp³-hybridized carbons (Fsp3) is 0.579. The van der Waals surface area contributed by atoms with E-state index in [0.29, 0.717) is 5.75 Å². The van der Waals surface area contributed by atoms with Gasteiger partial charge in [0, 0.05) is 30.6 Å². The molecule has 3 N–H and O–H groups in total. The monoisotopic (exact) mass is 359 g/mol. The van der Waals surface area contributed by atoms with E-state index >= 15 is 0 Å². The van der Waals surface area contributed by atoms with Gasteiger partial charge >= 0.3 is 6.03 Å². The zero-order chi connectivity index (χ0) is 18.1. The molecular weight excluding hydrogens is 334 g/mol. The number of fused-ring (bicyclic) bond motifs is 1. The smallest absolute Gasteiger partial charge is 0.321 e. The van der Waals surface area contributed by atoms with Crippen molar-refractivity contribution in [3.05, 3.63) is 18.2 Å². The molecule has 2 aliphatic carbocycles. The first kappa shape index (κ1) is 17.0. The highest BCUT2D eigenvalue weighted by Gasteiger charge is 2.42. The maximum absolute atomic E-state index is 12.1.